The standard InChI is InChI=1S/C24H42N2O/c1-18(2)23(27)20-6-11-24(12-7-20)16-22(17-24)26-14-9-21(10-15-26)25(3)13-8-19-4-5-19/h18-22H,4-17H2,1-3H3/t20-,22-,24?. The fourth-order valence-corrected chi connectivity index (χ4v) is 6.26. The van der Waals surface area contributed by atoms with Crippen LogP contribution in [-0.2, 0) is 4.79 Å². The summed E-state index contributed by atoms with van der Waals surface area (Å²) in [6, 6.07) is 1.67. The number of Topliss-reactive ketones (excluding diaryl/α,β-unsaturated/α-hetero) is 1. The lowest BCUT2D eigenvalue weighted by atomic mass is 9.56. The molecule has 154 valence electrons. The maximum Gasteiger partial charge on any atom is 0.138 e. The molecule has 4 aliphatic rings. The molecule has 0 aromatic carbocycles. The molecule has 3 aliphatic carbocycles. The van der Waals surface area contributed by atoms with Gasteiger partial charge in [0.2, 0.25) is 0 Å². The summed E-state index contributed by atoms with van der Waals surface area (Å²) in [4.78, 5) is 17.8. The van der Waals surface area contributed by atoms with Crippen LogP contribution in [0.15, 0.2) is 0 Å². The zero-order valence-electron chi connectivity index (χ0n) is 18.1. The molecule has 3 nitrogen and oxygen atoms in total. The molecule has 0 atom stereocenters. The molecule has 1 heterocycles. The van der Waals surface area contributed by atoms with Gasteiger partial charge in [-0.1, -0.05) is 26.7 Å². The number of rotatable bonds is 7. The molecule has 4 fully saturated rings. The highest BCUT2D eigenvalue weighted by Crippen LogP contribution is 2.54. The second kappa shape index (κ2) is 8.14. The van der Waals surface area contributed by atoms with E-state index in [-0.39, 0.29) is 5.92 Å². The monoisotopic (exact) mass is 374 g/mol. The molecule has 3 heteroatoms. The van der Waals surface area contributed by atoms with E-state index >= 15 is 0 Å². The molecule has 0 N–H and O–H groups in total. The van der Waals surface area contributed by atoms with E-state index in [9.17, 15) is 4.79 Å². The van der Waals surface area contributed by atoms with Gasteiger partial charge in [-0.2, -0.15) is 0 Å². The molecule has 0 aromatic heterocycles. The van der Waals surface area contributed by atoms with E-state index in [0.717, 1.165) is 30.8 Å². The third-order valence-electron chi connectivity index (χ3n) is 8.58. The maximum absolute atomic E-state index is 12.3. The molecule has 0 aromatic rings. The fraction of sp³-hybridized carbons (Fsp3) is 0.958. The molecular formula is C24H42N2O. The summed E-state index contributed by atoms with van der Waals surface area (Å²) in [6.45, 7) is 8.08. The highest BCUT2D eigenvalue weighted by molar-refractivity contribution is 5.82. The van der Waals surface area contributed by atoms with Crippen molar-refractivity contribution in [1.82, 2.24) is 9.80 Å². The van der Waals surface area contributed by atoms with Gasteiger partial charge in [0.05, 0.1) is 0 Å². The van der Waals surface area contributed by atoms with E-state index in [2.05, 4.69) is 30.7 Å². The Morgan fingerprint density at radius 1 is 1.04 bits per heavy atom. The number of carbonyl (C=O) groups is 1. The molecule has 0 bridgehead atoms. The van der Waals surface area contributed by atoms with Crippen molar-refractivity contribution in [2.24, 2.45) is 23.2 Å². The lowest BCUT2D eigenvalue weighted by molar-refractivity contribution is -0.129. The van der Waals surface area contributed by atoms with E-state index in [1.807, 2.05) is 0 Å². The van der Waals surface area contributed by atoms with Gasteiger partial charge in [0, 0.05) is 23.9 Å². The SMILES string of the molecule is CC(C)C(=O)[C@H]1CCC2(CC1)C[C@H](N1CCC(N(C)CCC3CC3)CC1)C2. The van der Waals surface area contributed by atoms with Gasteiger partial charge in [-0.3, -0.25) is 4.79 Å². The first-order chi connectivity index (χ1) is 13.0. The van der Waals surface area contributed by atoms with Gasteiger partial charge in [-0.05, 0) is 95.8 Å². The molecule has 1 aliphatic heterocycles. The van der Waals surface area contributed by atoms with Gasteiger partial charge in [0.25, 0.3) is 0 Å². The molecule has 0 unspecified atom stereocenters. The Morgan fingerprint density at radius 2 is 1.67 bits per heavy atom. The quantitative estimate of drug-likeness (QED) is 0.643. The number of piperidine rings is 1. The first-order valence-corrected chi connectivity index (χ1v) is 11.9. The second-order valence-electron chi connectivity index (χ2n) is 10.9. The Kier molecular flexibility index (Phi) is 6.00. The van der Waals surface area contributed by atoms with E-state index in [1.165, 1.54) is 77.4 Å². The van der Waals surface area contributed by atoms with Gasteiger partial charge < -0.3 is 9.80 Å². The summed E-state index contributed by atoms with van der Waals surface area (Å²) in [7, 11) is 2.36. The van der Waals surface area contributed by atoms with Crippen LogP contribution in [0, 0.1) is 23.2 Å². The maximum atomic E-state index is 12.3. The van der Waals surface area contributed by atoms with Crippen molar-refractivity contribution in [2.45, 2.75) is 96.6 Å². The van der Waals surface area contributed by atoms with Crippen LogP contribution in [0.5, 0.6) is 0 Å². The largest absolute Gasteiger partial charge is 0.303 e. The summed E-state index contributed by atoms with van der Waals surface area (Å²) in [5, 5.41) is 0. The van der Waals surface area contributed by atoms with Crippen molar-refractivity contribution in [3.05, 3.63) is 0 Å². The van der Waals surface area contributed by atoms with Crippen LogP contribution in [0.2, 0.25) is 0 Å². The minimum absolute atomic E-state index is 0.224. The molecule has 4 rings (SSSR count). The summed E-state index contributed by atoms with van der Waals surface area (Å²) in [5.41, 5.74) is 0.607. The van der Waals surface area contributed by atoms with E-state index in [1.54, 1.807) is 0 Å². The zero-order chi connectivity index (χ0) is 19.0. The zero-order valence-corrected chi connectivity index (χ0v) is 18.1. The number of nitrogens with zero attached hydrogens (tertiary/aromatic N) is 2. The highest BCUT2D eigenvalue weighted by Gasteiger charge is 2.49. The number of carbonyl (C=O) groups excluding carboxylic acids is 1. The predicted molar refractivity (Wildman–Crippen MR) is 112 cm³/mol. The minimum Gasteiger partial charge on any atom is -0.303 e. The topological polar surface area (TPSA) is 23.6 Å². The van der Waals surface area contributed by atoms with Crippen LogP contribution in [0.4, 0.5) is 0 Å². The Hall–Kier alpha value is -0.410. The van der Waals surface area contributed by atoms with Crippen molar-refractivity contribution in [3.63, 3.8) is 0 Å². The lowest BCUT2D eigenvalue weighted by Crippen LogP contribution is -2.55. The Labute approximate surface area is 167 Å². The molecule has 0 amide bonds. The summed E-state index contributed by atoms with van der Waals surface area (Å²) < 4.78 is 0. The summed E-state index contributed by atoms with van der Waals surface area (Å²) in [6.07, 6.45) is 14.9. The van der Waals surface area contributed by atoms with Crippen molar-refractivity contribution >= 4 is 5.78 Å². The summed E-state index contributed by atoms with van der Waals surface area (Å²) in [5.74, 6) is 2.18. The van der Waals surface area contributed by atoms with E-state index in [4.69, 9.17) is 0 Å². The average molecular weight is 375 g/mol. The van der Waals surface area contributed by atoms with Crippen LogP contribution in [0.25, 0.3) is 0 Å². The van der Waals surface area contributed by atoms with E-state index in [0.29, 0.717) is 17.1 Å². The van der Waals surface area contributed by atoms with Gasteiger partial charge in [-0.25, -0.2) is 0 Å². The van der Waals surface area contributed by atoms with Crippen LogP contribution < -0.4 is 0 Å². The van der Waals surface area contributed by atoms with Gasteiger partial charge in [0.15, 0.2) is 0 Å². The third kappa shape index (κ3) is 4.61. The number of likely N-dealkylation sites (tertiary alicyclic amines) is 1. The number of hydrogen-bond acceptors (Lipinski definition) is 3. The average Bonchev–Trinajstić information content (AvgIpc) is 3.48. The Bertz CT molecular complexity index is 502. The highest BCUT2D eigenvalue weighted by atomic mass is 16.1. The first-order valence-electron chi connectivity index (χ1n) is 11.9. The van der Waals surface area contributed by atoms with Gasteiger partial charge in [-0.15, -0.1) is 0 Å². The molecular weight excluding hydrogens is 332 g/mol. The van der Waals surface area contributed by atoms with Crippen LogP contribution in [0.3, 0.4) is 0 Å². The smallest absolute Gasteiger partial charge is 0.138 e. The summed E-state index contributed by atoms with van der Waals surface area (Å²) >= 11 is 0. The van der Waals surface area contributed by atoms with Crippen LogP contribution >= 0.6 is 0 Å². The van der Waals surface area contributed by atoms with Crippen molar-refractivity contribution in [2.75, 3.05) is 26.7 Å². The van der Waals surface area contributed by atoms with Gasteiger partial charge in [0.1, 0.15) is 5.78 Å². The second-order valence-corrected chi connectivity index (χ2v) is 10.9. The predicted octanol–water partition coefficient (Wildman–Crippen LogP) is 4.75. The molecule has 0 radical (unpaired) electrons. The normalized spacial score (nSPS) is 35.7. The van der Waals surface area contributed by atoms with Crippen LogP contribution in [0.1, 0.15) is 84.5 Å². The lowest BCUT2D eigenvalue weighted by Gasteiger charge is -2.56. The molecule has 3 saturated carbocycles. The molecule has 27 heavy (non-hydrogen) atoms. The number of ketones is 1. The molecule has 1 saturated heterocycles. The van der Waals surface area contributed by atoms with Crippen molar-refractivity contribution < 1.29 is 4.79 Å². The van der Waals surface area contributed by atoms with Crippen molar-refractivity contribution in [1.29, 1.82) is 0 Å². The van der Waals surface area contributed by atoms with Crippen molar-refractivity contribution in [3.8, 4) is 0 Å². The minimum atomic E-state index is 0.224. The fourth-order valence-electron chi connectivity index (χ4n) is 6.26. The third-order valence-corrected chi connectivity index (χ3v) is 8.58. The van der Waals surface area contributed by atoms with Gasteiger partial charge >= 0.3 is 0 Å². The van der Waals surface area contributed by atoms with E-state index < -0.39 is 0 Å². The molecule has 1 spiro atoms. The number of hydrogen-bond donors (Lipinski definition) is 0. The Morgan fingerprint density at radius 3 is 2.22 bits per heavy atom. The Balaban J connectivity index is 1.16. The van der Waals surface area contributed by atoms with Crippen LogP contribution in [-0.4, -0.2) is 54.3 Å². The first kappa shape index (κ1) is 19.9.